The number of benzene rings is 1. The number of nitrogens with zero attached hydrogens (tertiary/aromatic N) is 2. The van der Waals surface area contributed by atoms with Crippen molar-refractivity contribution >= 4 is 11.6 Å². The summed E-state index contributed by atoms with van der Waals surface area (Å²) in [5, 5.41) is 2.94. The van der Waals surface area contributed by atoms with Crippen molar-refractivity contribution in [1.82, 2.24) is 10.3 Å². The van der Waals surface area contributed by atoms with Gasteiger partial charge in [-0.15, -0.1) is 0 Å². The van der Waals surface area contributed by atoms with Gasteiger partial charge in [-0.05, 0) is 50.1 Å². The van der Waals surface area contributed by atoms with Crippen LogP contribution in [0.25, 0.3) is 11.3 Å². The quantitative estimate of drug-likeness (QED) is 0.837. The highest BCUT2D eigenvalue weighted by atomic mass is 19.3. The van der Waals surface area contributed by atoms with Gasteiger partial charge in [0.2, 0.25) is 5.91 Å². The minimum absolute atomic E-state index is 0.0261. The van der Waals surface area contributed by atoms with Gasteiger partial charge in [-0.3, -0.25) is 9.78 Å². The van der Waals surface area contributed by atoms with Crippen molar-refractivity contribution in [2.45, 2.75) is 39.3 Å². The Morgan fingerprint density at radius 1 is 1.25 bits per heavy atom. The Labute approximate surface area is 161 Å². The van der Waals surface area contributed by atoms with Crippen LogP contribution in [0.5, 0.6) is 5.75 Å². The van der Waals surface area contributed by atoms with Crippen molar-refractivity contribution in [3.8, 4) is 17.0 Å². The van der Waals surface area contributed by atoms with Crippen molar-refractivity contribution < 1.29 is 22.7 Å². The number of halogens is 3. The normalized spacial score (nSPS) is 15.0. The van der Waals surface area contributed by atoms with Crippen LogP contribution in [0.1, 0.15) is 25.5 Å². The standard InChI is InChI=1S/C20H22F3N3O2/c1-12-9-16(26-7-5-15(6-8-26)25-13(2)27)11-18(24-12)14-3-4-19(17(21)10-14)28-20(22)23/h3-4,9-11,15,20H,5-8H2,1-2H3,(H,25,27). The summed E-state index contributed by atoms with van der Waals surface area (Å²) in [5.41, 5.74) is 2.76. The van der Waals surface area contributed by atoms with Gasteiger partial charge in [0.25, 0.3) is 0 Å². The van der Waals surface area contributed by atoms with E-state index in [9.17, 15) is 18.0 Å². The van der Waals surface area contributed by atoms with Crippen molar-refractivity contribution in [2.75, 3.05) is 18.0 Å². The van der Waals surface area contributed by atoms with E-state index in [2.05, 4.69) is 19.9 Å². The van der Waals surface area contributed by atoms with Crippen LogP contribution >= 0.6 is 0 Å². The Balaban J connectivity index is 1.79. The van der Waals surface area contributed by atoms with Gasteiger partial charge in [0.15, 0.2) is 11.6 Å². The summed E-state index contributed by atoms with van der Waals surface area (Å²) in [6.45, 7) is 1.85. The Bertz CT molecular complexity index is 853. The van der Waals surface area contributed by atoms with Crippen LogP contribution in [0, 0.1) is 12.7 Å². The molecule has 0 aliphatic carbocycles. The van der Waals surface area contributed by atoms with E-state index in [4.69, 9.17) is 0 Å². The number of hydrogen-bond acceptors (Lipinski definition) is 4. The summed E-state index contributed by atoms with van der Waals surface area (Å²) in [5.74, 6) is -1.38. The van der Waals surface area contributed by atoms with E-state index in [0.29, 0.717) is 11.3 Å². The second-order valence-corrected chi connectivity index (χ2v) is 6.84. The first-order valence-corrected chi connectivity index (χ1v) is 9.07. The Kier molecular flexibility index (Phi) is 6.06. The third-order valence-corrected chi connectivity index (χ3v) is 4.65. The van der Waals surface area contributed by atoms with E-state index in [1.807, 2.05) is 19.1 Å². The summed E-state index contributed by atoms with van der Waals surface area (Å²) in [6, 6.07) is 7.81. The summed E-state index contributed by atoms with van der Waals surface area (Å²) in [4.78, 5) is 17.8. The summed E-state index contributed by atoms with van der Waals surface area (Å²) in [7, 11) is 0. The molecule has 2 aromatic rings. The molecule has 1 aromatic carbocycles. The number of amides is 1. The average Bonchev–Trinajstić information content (AvgIpc) is 2.62. The maximum Gasteiger partial charge on any atom is 0.387 e. The van der Waals surface area contributed by atoms with Crippen molar-refractivity contribution in [2.24, 2.45) is 0 Å². The number of alkyl halides is 2. The average molecular weight is 393 g/mol. The third-order valence-electron chi connectivity index (χ3n) is 4.65. The molecular weight excluding hydrogens is 371 g/mol. The zero-order valence-corrected chi connectivity index (χ0v) is 15.7. The van der Waals surface area contributed by atoms with Crippen molar-refractivity contribution in [3.05, 3.63) is 41.8 Å². The van der Waals surface area contributed by atoms with E-state index in [1.54, 1.807) is 0 Å². The number of rotatable bonds is 5. The molecule has 1 aromatic heterocycles. The van der Waals surface area contributed by atoms with Crippen LogP contribution in [0.3, 0.4) is 0 Å². The van der Waals surface area contributed by atoms with E-state index < -0.39 is 18.2 Å². The number of carbonyl (C=O) groups is 1. The smallest absolute Gasteiger partial charge is 0.387 e. The molecular formula is C20H22F3N3O2. The second-order valence-electron chi connectivity index (χ2n) is 6.84. The summed E-state index contributed by atoms with van der Waals surface area (Å²) >= 11 is 0. The Morgan fingerprint density at radius 3 is 2.57 bits per heavy atom. The molecule has 1 aliphatic heterocycles. The molecule has 1 saturated heterocycles. The van der Waals surface area contributed by atoms with Crippen LogP contribution in [-0.2, 0) is 4.79 Å². The second kappa shape index (κ2) is 8.50. The number of anilines is 1. The summed E-state index contributed by atoms with van der Waals surface area (Å²) in [6.07, 6.45) is 1.68. The molecule has 5 nitrogen and oxygen atoms in total. The predicted molar refractivity (Wildman–Crippen MR) is 100 cm³/mol. The molecule has 28 heavy (non-hydrogen) atoms. The van der Waals surface area contributed by atoms with Crippen LogP contribution in [0.4, 0.5) is 18.9 Å². The van der Waals surface area contributed by atoms with Crippen LogP contribution < -0.4 is 15.0 Å². The molecule has 0 radical (unpaired) electrons. The van der Waals surface area contributed by atoms with Crippen LogP contribution in [0.15, 0.2) is 30.3 Å². The van der Waals surface area contributed by atoms with Crippen molar-refractivity contribution in [3.63, 3.8) is 0 Å². The summed E-state index contributed by atoms with van der Waals surface area (Å²) < 4.78 is 42.8. The van der Waals surface area contributed by atoms with Gasteiger partial charge < -0.3 is 15.0 Å². The molecule has 3 rings (SSSR count). The molecule has 1 N–H and O–H groups in total. The number of pyridine rings is 1. The molecule has 1 fully saturated rings. The number of hydrogen-bond donors (Lipinski definition) is 1. The Morgan fingerprint density at radius 2 is 1.96 bits per heavy atom. The molecule has 0 spiro atoms. The lowest BCUT2D eigenvalue weighted by Gasteiger charge is -2.34. The molecule has 1 amide bonds. The van der Waals surface area contributed by atoms with Gasteiger partial charge in [0.1, 0.15) is 0 Å². The molecule has 150 valence electrons. The SMILES string of the molecule is CC(=O)NC1CCN(c2cc(C)nc(-c3ccc(OC(F)F)c(F)c3)c2)CC1. The van der Waals surface area contributed by atoms with E-state index in [0.717, 1.165) is 43.4 Å². The van der Waals surface area contributed by atoms with Crippen LogP contribution in [-0.4, -0.2) is 36.6 Å². The van der Waals surface area contributed by atoms with Gasteiger partial charge in [0.05, 0.1) is 5.69 Å². The number of piperidine rings is 1. The molecule has 1 aliphatic rings. The lowest BCUT2D eigenvalue weighted by Crippen LogP contribution is -2.44. The fourth-order valence-electron chi connectivity index (χ4n) is 3.40. The van der Waals surface area contributed by atoms with Crippen LogP contribution in [0.2, 0.25) is 0 Å². The number of aromatic nitrogens is 1. The zero-order chi connectivity index (χ0) is 20.3. The first-order chi connectivity index (χ1) is 13.3. The molecule has 0 unspecified atom stereocenters. The van der Waals surface area contributed by atoms with Gasteiger partial charge >= 0.3 is 6.61 Å². The molecule has 8 heteroatoms. The monoisotopic (exact) mass is 393 g/mol. The Hall–Kier alpha value is -2.77. The van der Waals surface area contributed by atoms with Gasteiger partial charge in [-0.2, -0.15) is 8.78 Å². The molecule has 0 bridgehead atoms. The number of ether oxygens (including phenoxy) is 1. The minimum Gasteiger partial charge on any atom is -0.432 e. The predicted octanol–water partition coefficient (Wildman–Crippen LogP) is 3.90. The molecule has 2 heterocycles. The fourth-order valence-corrected chi connectivity index (χ4v) is 3.40. The first kappa shape index (κ1) is 20.0. The van der Waals surface area contributed by atoms with E-state index in [1.165, 1.54) is 19.1 Å². The largest absolute Gasteiger partial charge is 0.432 e. The topological polar surface area (TPSA) is 54.5 Å². The van der Waals surface area contributed by atoms with E-state index >= 15 is 0 Å². The van der Waals surface area contributed by atoms with Crippen molar-refractivity contribution in [1.29, 1.82) is 0 Å². The first-order valence-electron chi connectivity index (χ1n) is 9.07. The number of nitrogens with one attached hydrogen (secondary N) is 1. The molecule has 0 saturated carbocycles. The zero-order valence-electron chi connectivity index (χ0n) is 15.7. The highest BCUT2D eigenvalue weighted by Gasteiger charge is 2.21. The lowest BCUT2D eigenvalue weighted by atomic mass is 10.0. The highest BCUT2D eigenvalue weighted by Crippen LogP contribution is 2.29. The maximum atomic E-state index is 14.1. The number of carbonyl (C=O) groups excluding carboxylic acids is 1. The number of aryl methyl sites for hydroxylation is 1. The van der Waals surface area contributed by atoms with Gasteiger partial charge in [-0.25, -0.2) is 4.39 Å². The van der Waals surface area contributed by atoms with Gasteiger partial charge in [0, 0.05) is 43.0 Å². The molecule has 0 atom stereocenters. The maximum absolute atomic E-state index is 14.1. The third kappa shape index (κ3) is 4.94. The minimum atomic E-state index is -3.08. The highest BCUT2D eigenvalue weighted by molar-refractivity contribution is 5.73. The fraction of sp³-hybridized carbons (Fsp3) is 0.400. The van der Waals surface area contributed by atoms with Gasteiger partial charge in [-0.1, -0.05) is 0 Å². The van der Waals surface area contributed by atoms with E-state index in [-0.39, 0.29) is 11.9 Å². The lowest BCUT2D eigenvalue weighted by molar-refractivity contribution is -0.119.